The van der Waals surface area contributed by atoms with Gasteiger partial charge in [-0.15, -0.1) is 0 Å². The Labute approximate surface area is 114 Å². The van der Waals surface area contributed by atoms with Gasteiger partial charge in [-0.1, -0.05) is 18.2 Å². The lowest BCUT2D eigenvalue weighted by Crippen LogP contribution is -1.85. The molecule has 2 nitrogen and oxygen atoms in total. The van der Waals surface area contributed by atoms with E-state index in [4.69, 9.17) is 4.74 Å². The first-order valence-electron chi connectivity index (χ1n) is 5.69. The van der Waals surface area contributed by atoms with Crippen LogP contribution >= 0.6 is 15.9 Å². The number of nitrogens with one attached hydrogen (secondary N) is 1. The van der Waals surface area contributed by atoms with E-state index in [1.807, 2.05) is 24.3 Å². The molecule has 0 radical (unpaired) electrons. The van der Waals surface area contributed by atoms with Crippen molar-refractivity contribution >= 4 is 26.8 Å². The molecule has 3 aromatic rings. The van der Waals surface area contributed by atoms with E-state index in [1.54, 1.807) is 7.11 Å². The zero-order chi connectivity index (χ0) is 12.5. The van der Waals surface area contributed by atoms with Crippen LogP contribution in [0.5, 0.6) is 5.75 Å². The highest BCUT2D eigenvalue weighted by atomic mass is 79.9. The Morgan fingerprint density at radius 2 is 1.89 bits per heavy atom. The summed E-state index contributed by atoms with van der Waals surface area (Å²) in [6.45, 7) is 0. The number of benzene rings is 2. The number of rotatable bonds is 2. The molecular formula is C15H12BrNO. The normalized spacial score (nSPS) is 10.8. The molecule has 1 aromatic heterocycles. The summed E-state index contributed by atoms with van der Waals surface area (Å²) < 4.78 is 6.20. The van der Waals surface area contributed by atoms with Crippen LogP contribution in [0.4, 0.5) is 0 Å². The molecule has 0 saturated heterocycles. The van der Waals surface area contributed by atoms with Gasteiger partial charge in [0, 0.05) is 16.6 Å². The van der Waals surface area contributed by atoms with Crippen molar-refractivity contribution in [1.29, 1.82) is 0 Å². The zero-order valence-electron chi connectivity index (χ0n) is 9.91. The second-order valence-electron chi connectivity index (χ2n) is 4.12. The molecule has 0 bridgehead atoms. The average molecular weight is 302 g/mol. The predicted molar refractivity (Wildman–Crippen MR) is 78.0 cm³/mol. The lowest BCUT2D eigenvalue weighted by molar-refractivity contribution is 0.412. The van der Waals surface area contributed by atoms with Gasteiger partial charge in [-0.05, 0) is 51.8 Å². The summed E-state index contributed by atoms with van der Waals surface area (Å²) in [6.07, 6.45) is 0. The molecule has 2 aromatic carbocycles. The molecule has 0 aliphatic heterocycles. The first-order chi connectivity index (χ1) is 8.78. The third kappa shape index (κ3) is 1.91. The van der Waals surface area contributed by atoms with Crippen LogP contribution in [0.3, 0.4) is 0 Å². The van der Waals surface area contributed by atoms with Crippen molar-refractivity contribution in [2.75, 3.05) is 7.11 Å². The number of aromatic amines is 1. The minimum atomic E-state index is 0.842. The summed E-state index contributed by atoms with van der Waals surface area (Å²) in [6, 6.07) is 16.5. The highest BCUT2D eigenvalue weighted by Gasteiger charge is 2.06. The van der Waals surface area contributed by atoms with Crippen molar-refractivity contribution in [2.24, 2.45) is 0 Å². The number of H-pyrrole nitrogens is 1. The summed E-state index contributed by atoms with van der Waals surface area (Å²) >= 11 is 3.51. The molecule has 0 aliphatic carbocycles. The number of hydrogen-bond donors (Lipinski definition) is 1. The summed E-state index contributed by atoms with van der Waals surface area (Å²) in [5, 5.41) is 1.22. The number of halogens is 1. The lowest BCUT2D eigenvalue weighted by Gasteiger charge is -2.04. The van der Waals surface area contributed by atoms with Gasteiger partial charge in [0.15, 0.2) is 0 Å². The Morgan fingerprint density at radius 1 is 1.06 bits per heavy atom. The van der Waals surface area contributed by atoms with Crippen LogP contribution in [0.2, 0.25) is 0 Å². The maximum atomic E-state index is 5.24. The van der Waals surface area contributed by atoms with Gasteiger partial charge in [0.05, 0.1) is 11.6 Å². The van der Waals surface area contributed by atoms with Crippen molar-refractivity contribution in [3.8, 4) is 17.0 Å². The molecule has 0 saturated carbocycles. The maximum absolute atomic E-state index is 5.24. The first-order valence-corrected chi connectivity index (χ1v) is 6.49. The van der Waals surface area contributed by atoms with Crippen LogP contribution in [0, 0.1) is 0 Å². The van der Waals surface area contributed by atoms with Gasteiger partial charge < -0.3 is 9.72 Å². The SMILES string of the molecule is COc1ccc(-c2cc3ccccc3[nH]2)cc1Br. The molecule has 90 valence electrons. The number of methoxy groups -OCH3 is 1. The molecule has 1 N–H and O–H groups in total. The fourth-order valence-electron chi connectivity index (χ4n) is 2.06. The van der Waals surface area contributed by atoms with Crippen LogP contribution in [0.1, 0.15) is 0 Å². The monoisotopic (exact) mass is 301 g/mol. The molecule has 0 atom stereocenters. The van der Waals surface area contributed by atoms with Gasteiger partial charge in [0.2, 0.25) is 0 Å². The van der Waals surface area contributed by atoms with Crippen molar-refractivity contribution in [3.05, 3.63) is 53.0 Å². The third-order valence-electron chi connectivity index (χ3n) is 2.99. The Morgan fingerprint density at radius 3 is 2.61 bits per heavy atom. The van der Waals surface area contributed by atoms with E-state index in [0.717, 1.165) is 27.0 Å². The number of fused-ring (bicyclic) bond motifs is 1. The van der Waals surface area contributed by atoms with Gasteiger partial charge in [0.25, 0.3) is 0 Å². The third-order valence-corrected chi connectivity index (χ3v) is 3.61. The van der Waals surface area contributed by atoms with Gasteiger partial charge >= 0.3 is 0 Å². The van der Waals surface area contributed by atoms with Gasteiger partial charge in [-0.2, -0.15) is 0 Å². The van der Waals surface area contributed by atoms with E-state index in [-0.39, 0.29) is 0 Å². The van der Waals surface area contributed by atoms with Gasteiger partial charge in [-0.25, -0.2) is 0 Å². The standard InChI is InChI=1S/C15H12BrNO/c1-18-15-7-6-11(8-12(15)16)14-9-10-4-2-3-5-13(10)17-14/h2-9,17H,1H3. The molecule has 0 amide bonds. The molecule has 1 heterocycles. The fraction of sp³-hybridized carbons (Fsp3) is 0.0667. The minimum Gasteiger partial charge on any atom is -0.496 e. The van der Waals surface area contributed by atoms with Crippen LogP contribution < -0.4 is 4.74 Å². The molecule has 0 fully saturated rings. The number of para-hydroxylation sites is 1. The lowest BCUT2D eigenvalue weighted by atomic mass is 10.1. The van der Waals surface area contributed by atoms with Crippen LogP contribution in [-0.4, -0.2) is 12.1 Å². The Bertz CT molecular complexity index is 670. The summed E-state index contributed by atoms with van der Waals surface area (Å²) in [5.41, 5.74) is 3.40. The number of hydrogen-bond acceptors (Lipinski definition) is 1. The van der Waals surface area contributed by atoms with E-state index < -0.39 is 0 Å². The molecule has 0 unspecified atom stereocenters. The average Bonchev–Trinajstić information content (AvgIpc) is 2.82. The first kappa shape index (κ1) is 11.4. The van der Waals surface area contributed by atoms with Gasteiger partial charge in [0.1, 0.15) is 5.75 Å². The number of aromatic nitrogens is 1. The molecule has 18 heavy (non-hydrogen) atoms. The smallest absolute Gasteiger partial charge is 0.133 e. The zero-order valence-corrected chi connectivity index (χ0v) is 11.5. The molecule has 3 rings (SSSR count). The van der Waals surface area contributed by atoms with Crippen LogP contribution in [-0.2, 0) is 0 Å². The highest BCUT2D eigenvalue weighted by Crippen LogP contribution is 2.31. The summed E-state index contributed by atoms with van der Waals surface area (Å²) in [4.78, 5) is 3.41. The molecule has 3 heteroatoms. The van der Waals surface area contributed by atoms with Crippen LogP contribution in [0.25, 0.3) is 22.2 Å². The summed E-state index contributed by atoms with van der Waals surface area (Å²) in [7, 11) is 1.67. The van der Waals surface area contributed by atoms with E-state index in [9.17, 15) is 0 Å². The van der Waals surface area contributed by atoms with E-state index in [0.29, 0.717) is 0 Å². The second-order valence-corrected chi connectivity index (χ2v) is 4.97. The Balaban J connectivity index is 2.11. The summed E-state index contributed by atoms with van der Waals surface area (Å²) in [5.74, 6) is 0.842. The van der Waals surface area contributed by atoms with Crippen molar-refractivity contribution in [1.82, 2.24) is 4.98 Å². The van der Waals surface area contributed by atoms with E-state index in [2.05, 4.69) is 45.2 Å². The fourth-order valence-corrected chi connectivity index (χ4v) is 2.60. The largest absolute Gasteiger partial charge is 0.496 e. The molecular weight excluding hydrogens is 290 g/mol. The minimum absolute atomic E-state index is 0.842. The predicted octanol–water partition coefficient (Wildman–Crippen LogP) is 4.61. The molecule has 0 aliphatic rings. The molecule has 0 spiro atoms. The van der Waals surface area contributed by atoms with E-state index >= 15 is 0 Å². The van der Waals surface area contributed by atoms with Gasteiger partial charge in [-0.3, -0.25) is 0 Å². The van der Waals surface area contributed by atoms with Crippen molar-refractivity contribution < 1.29 is 4.74 Å². The van der Waals surface area contributed by atoms with Crippen molar-refractivity contribution in [3.63, 3.8) is 0 Å². The van der Waals surface area contributed by atoms with Crippen molar-refractivity contribution in [2.45, 2.75) is 0 Å². The highest BCUT2D eigenvalue weighted by molar-refractivity contribution is 9.10. The number of ether oxygens (including phenoxy) is 1. The van der Waals surface area contributed by atoms with Crippen LogP contribution in [0.15, 0.2) is 53.0 Å². The Hall–Kier alpha value is -1.74. The topological polar surface area (TPSA) is 25.0 Å². The maximum Gasteiger partial charge on any atom is 0.133 e. The Kier molecular flexibility index (Phi) is 2.84. The van der Waals surface area contributed by atoms with E-state index in [1.165, 1.54) is 5.39 Å². The second kappa shape index (κ2) is 4.50. The quantitative estimate of drug-likeness (QED) is 0.735.